The second-order valence-electron chi connectivity index (χ2n) is 15.9. The maximum atomic E-state index is 12.7. The van der Waals surface area contributed by atoms with Gasteiger partial charge in [-0.15, -0.1) is 0 Å². The molecule has 0 spiro atoms. The van der Waals surface area contributed by atoms with E-state index < -0.39 is 38.6 Å². The number of aliphatic hydroxyl groups is 1. The molecule has 0 saturated heterocycles. The number of phosphoric acid groups is 1. The smallest absolute Gasteiger partial charge is 0.462 e. The summed E-state index contributed by atoms with van der Waals surface area (Å²) in [6.07, 6.45) is 41.6. The average molecular weight is 825 g/mol. The molecule has 0 aliphatic heterocycles. The molecule has 0 aliphatic rings. The van der Waals surface area contributed by atoms with E-state index in [4.69, 9.17) is 18.5 Å². The molecule has 0 aliphatic carbocycles. The van der Waals surface area contributed by atoms with Crippen molar-refractivity contribution in [3.05, 3.63) is 60.8 Å². The van der Waals surface area contributed by atoms with Gasteiger partial charge >= 0.3 is 19.8 Å². The summed E-state index contributed by atoms with van der Waals surface area (Å²) >= 11 is 0. The lowest BCUT2D eigenvalue weighted by molar-refractivity contribution is -0.870. The Bertz CT molecular complexity index is 1170. The number of nitrogens with zero attached hydrogens (tertiary/aromatic N) is 1. The van der Waals surface area contributed by atoms with Gasteiger partial charge in [0.15, 0.2) is 6.10 Å². The minimum atomic E-state index is -4.42. The molecule has 0 saturated carbocycles. The van der Waals surface area contributed by atoms with Crippen molar-refractivity contribution in [2.75, 3.05) is 47.5 Å². The molecule has 10 nitrogen and oxygen atoms in total. The molecule has 330 valence electrons. The standard InChI is InChI=1S/C46H82NO9P/c1-6-8-10-12-14-16-18-20-21-23-25-27-29-31-33-37-46(50)56-44(42-55-57(51,52)54-40-39-47(3,4)5)41-53-45(49)38-34-36-43(48)35-32-30-28-26-24-22-19-17-15-13-11-9-7-2/h9,11,15,17,22,24,28,30,32,35,43-44,48H,6-8,10,12-14,16,18-21,23,25-27,29,31,33-34,36-42H2,1-5H3/p+1/b11-9-,17-15-,24-22-,30-28-,35-32+/t43?,44-/m1/s1. The number of phosphoric ester groups is 1. The summed E-state index contributed by atoms with van der Waals surface area (Å²) in [5, 5.41) is 10.3. The Balaban J connectivity index is 4.55. The lowest BCUT2D eigenvalue weighted by Crippen LogP contribution is -2.37. The molecule has 2 N–H and O–H groups in total. The largest absolute Gasteiger partial charge is 0.472 e. The Kier molecular flexibility index (Phi) is 36.4. The number of likely N-dealkylation sites (N-methyl/N-ethyl adjacent to an activating group) is 1. The molecule has 0 amide bonds. The highest BCUT2D eigenvalue weighted by Crippen LogP contribution is 2.43. The van der Waals surface area contributed by atoms with Gasteiger partial charge in [0.25, 0.3) is 0 Å². The van der Waals surface area contributed by atoms with Crippen LogP contribution in [0.5, 0.6) is 0 Å². The Labute approximate surface area is 348 Å². The highest BCUT2D eigenvalue weighted by atomic mass is 31.2. The van der Waals surface area contributed by atoms with Crippen molar-refractivity contribution in [2.45, 2.75) is 174 Å². The molecule has 0 aromatic rings. The summed E-state index contributed by atoms with van der Waals surface area (Å²) in [7, 11) is 1.37. The van der Waals surface area contributed by atoms with Gasteiger partial charge in [0, 0.05) is 12.8 Å². The minimum Gasteiger partial charge on any atom is -0.462 e. The van der Waals surface area contributed by atoms with Gasteiger partial charge in [0.05, 0.1) is 33.9 Å². The summed E-state index contributed by atoms with van der Waals surface area (Å²) in [4.78, 5) is 35.4. The third kappa shape index (κ3) is 41.6. The van der Waals surface area contributed by atoms with Crippen LogP contribution in [0.15, 0.2) is 60.8 Å². The van der Waals surface area contributed by atoms with Crippen molar-refractivity contribution < 1.29 is 47.2 Å². The van der Waals surface area contributed by atoms with E-state index in [2.05, 4.69) is 50.3 Å². The van der Waals surface area contributed by atoms with Crippen molar-refractivity contribution in [3.8, 4) is 0 Å². The number of hydrogen-bond donors (Lipinski definition) is 2. The van der Waals surface area contributed by atoms with Crippen molar-refractivity contribution >= 4 is 19.8 Å². The first-order valence-corrected chi connectivity index (χ1v) is 23.6. The molecule has 0 aromatic carbocycles. The molecule has 2 unspecified atom stereocenters. The number of hydrogen-bond acceptors (Lipinski definition) is 8. The number of esters is 2. The van der Waals surface area contributed by atoms with Crippen LogP contribution in [-0.2, 0) is 32.7 Å². The predicted octanol–water partition coefficient (Wildman–Crippen LogP) is 11.4. The predicted molar refractivity (Wildman–Crippen MR) is 235 cm³/mol. The van der Waals surface area contributed by atoms with Gasteiger partial charge in [-0.3, -0.25) is 18.6 Å². The highest BCUT2D eigenvalue weighted by molar-refractivity contribution is 7.47. The van der Waals surface area contributed by atoms with Gasteiger partial charge in [0.2, 0.25) is 0 Å². The molecule has 0 rings (SSSR count). The van der Waals surface area contributed by atoms with Crippen LogP contribution in [0.3, 0.4) is 0 Å². The lowest BCUT2D eigenvalue weighted by atomic mass is 10.0. The van der Waals surface area contributed by atoms with Crippen LogP contribution in [0.1, 0.15) is 162 Å². The second-order valence-corrected chi connectivity index (χ2v) is 17.4. The minimum absolute atomic E-state index is 0.000391. The van der Waals surface area contributed by atoms with Crippen LogP contribution in [0.2, 0.25) is 0 Å². The van der Waals surface area contributed by atoms with E-state index in [1.165, 1.54) is 70.6 Å². The quantitative estimate of drug-likeness (QED) is 0.0155. The first-order valence-electron chi connectivity index (χ1n) is 22.1. The van der Waals surface area contributed by atoms with Gasteiger partial charge in [-0.25, -0.2) is 4.57 Å². The monoisotopic (exact) mass is 825 g/mol. The van der Waals surface area contributed by atoms with Gasteiger partial charge < -0.3 is 24.0 Å². The molecule has 57 heavy (non-hydrogen) atoms. The summed E-state index contributed by atoms with van der Waals surface area (Å²) < 4.78 is 34.1. The van der Waals surface area contributed by atoms with Crippen LogP contribution in [0.4, 0.5) is 0 Å². The van der Waals surface area contributed by atoms with Crippen LogP contribution in [0, 0.1) is 0 Å². The molecule has 0 heterocycles. The van der Waals surface area contributed by atoms with Gasteiger partial charge in [-0.05, 0) is 44.9 Å². The average Bonchev–Trinajstić information content (AvgIpc) is 3.15. The normalized spacial score (nSPS) is 14.7. The maximum Gasteiger partial charge on any atom is 0.472 e. The fourth-order valence-corrected chi connectivity index (χ4v) is 6.43. The van der Waals surface area contributed by atoms with E-state index in [0.717, 1.165) is 44.9 Å². The van der Waals surface area contributed by atoms with Gasteiger partial charge in [-0.1, -0.05) is 164 Å². The summed E-state index contributed by atoms with van der Waals surface area (Å²) in [6, 6.07) is 0. The number of unbranched alkanes of at least 4 members (excludes halogenated alkanes) is 14. The van der Waals surface area contributed by atoms with E-state index >= 15 is 0 Å². The number of allylic oxidation sites excluding steroid dienone is 9. The van der Waals surface area contributed by atoms with E-state index in [1.807, 2.05) is 33.3 Å². The van der Waals surface area contributed by atoms with Gasteiger partial charge in [-0.2, -0.15) is 0 Å². The van der Waals surface area contributed by atoms with Crippen molar-refractivity contribution in [2.24, 2.45) is 0 Å². The Morgan fingerprint density at radius 3 is 1.68 bits per heavy atom. The van der Waals surface area contributed by atoms with Gasteiger partial charge in [0.1, 0.15) is 19.8 Å². The second kappa shape index (κ2) is 37.9. The van der Waals surface area contributed by atoms with E-state index in [-0.39, 0.29) is 26.1 Å². The zero-order valence-electron chi connectivity index (χ0n) is 36.7. The first kappa shape index (κ1) is 54.7. The Morgan fingerprint density at radius 2 is 1.14 bits per heavy atom. The fourth-order valence-electron chi connectivity index (χ4n) is 5.69. The van der Waals surface area contributed by atoms with E-state index in [9.17, 15) is 24.2 Å². The van der Waals surface area contributed by atoms with Crippen LogP contribution >= 0.6 is 7.82 Å². The molecular formula is C46H83NO9P+. The lowest BCUT2D eigenvalue weighted by Gasteiger charge is -2.24. The van der Waals surface area contributed by atoms with Crippen LogP contribution < -0.4 is 0 Å². The summed E-state index contributed by atoms with van der Waals surface area (Å²) in [5.74, 6) is -1.00. The fraction of sp³-hybridized carbons (Fsp3) is 0.739. The maximum absolute atomic E-state index is 12.7. The number of carbonyl (C=O) groups is 2. The number of aliphatic hydroxyl groups excluding tert-OH is 1. The number of quaternary nitrogens is 1. The SMILES string of the molecule is CC/C=C\C/C=C\C/C=C\C/C=C\C=C\C(O)CCCC(=O)OC[C@H](COP(=O)(O)OCC[N+](C)(C)C)OC(=O)CCCCCCCCCCCCCCCCC. The van der Waals surface area contributed by atoms with Crippen molar-refractivity contribution in [3.63, 3.8) is 0 Å². The summed E-state index contributed by atoms with van der Waals surface area (Å²) in [5.41, 5.74) is 0. The van der Waals surface area contributed by atoms with Crippen molar-refractivity contribution in [1.82, 2.24) is 0 Å². The van der Waals surface area contributed by atoms with Crippen LogP contribution in [0.25, 0.3) is 0 Å². The molecule has 0 fully saturated rings. The van der Waals surface area contributed by atoms with E-state index in [0.29, 0.717) is 30.3 Å². The molecule has 0 bridgehead atoms. The number of ether oxygens (including phenoxy) is 2. The molecule has 3 atom stereocenters. The third-order valence-electron chi connectivity index (χ3n) is 9.17. The molecule has 0 aromatic heterocycles. The topological polar surface area (TPSA) is 129 Å². The molecule has 11 heteroatoms. The zero-order chi connectivity index (χ0) is 42.3. The van der Waals surface area contributed by atoms with Crippen molar-refractivity contribution in [1.29, 1.82) is 0 Å². The Hall–Kier alpha value is -2.33. The zero-order valence-corrected chi connectivity index (χ0v) is 37.6. The summed E-state index contributed by atoms with van der Waals surface area (Å²) in [6.45, 7) is 4.08. The Morgan fingerprint density at radius 1 is 0.632 bits per heavy atom. The highest BCUT2D eigenvalue weighted by Gasteiger charge is 2.27. The molecule has 0 radical (unpaired) electrons. The number of carbonyl (C=O) groups excluding carboxylic acids is 2. The third-order valence-corrected chi connectivity index (χ3v) is 10.2. The molecular weight excluding hydrogens is 741 g/mol. The number of rotatable bonds is 39. The van der Waals surface area contributed by atoms with Crippen LogP contribution in [-0.4, -0.2) is 86.1 Å². The first-order chi connectivity index (χ1) is 27.4. The van der Waals surface area contributed by atoms with E-state index in [1.54, 1.807) is 12.2 Å².